The minimum Gasteiger partial charge on any atom is -0.318 e. The van der Waals surface area contributed by atoms with Crippen LogP contribution in [-0.4, -0.2) is 25.5 Å². The lowest BCUT2D eigenvalue weighted by Crippen LogP contribution is -2.14. The summed E-state index contributed by atoms with van der Waals surface area (Å²) in [4.78, 5) is 20.6. The van der Waals surface area contributed by atoms with Crippen molar-refractivity contribution in [2.75, 3.05) is 5.32 Å². The van der Waals surface area contributed by atoms with E-state index in [0.717, 1.165) is 11.4 Å². The van der Waals surface area contributed by atoms with Gasteiger partial charge in [0.1, 0.15) is 0 Å². The SMILES string of the molecule is Cc1cc(C)n2nc(C(=O)Nc3cc(Cl)ccc3Cl)nc2n1. The van der Waals surface area contributed by atoms with Crippen LogP contribution in [-0.2, 0) is 0 Å². The zero-order chi connectivity index (χ0) is 15.9. The highest BCUT2D eigenvalue weighted by molar-refractivity contribution is 6.35. The van der Waals surface area contributed by atoms with Crippen molar-refractivity contribution in [3.05, 3.63) is 51.5 Å². The summed E-state index contributed by atoms with van der Waals surface area (Å²) in [7, 11) is 0. The van der Waals surface area contributed by atoms with Crippen LogP contribution in [0, 0.1) is 13.8 Å². The number of nitrogens with one attached hydrogen (secondary N) is 1. The second-order valence-electron chi connectivity index (χ2n) is 4.76. The van der Waals surface area contributed by atoms with E-state index in [4.69, 9.17) is 23.2 Å². The van der Waals surface area contributed by atoms with Gasteiger partial charge in [-0.2, -0.15) is 4.98 Å². The number of anilines is 1. The van der Waals surface area contributed by atoms with Gasteiger partial charge in [0.25, 0.3) is 11.7 Å². The molecule has 2 heterocycles. The first-order valence-electron chi connectivity index (χ1n) is 6.41. The van der Waals surface area contributed by atoms with Gasteiger partial charge < -0.3 is 5.32 Å². The number of fused-ring (bicyclic) bond motifs is 1. The van der Waals surface area contributed by atoms with Crippen LogP contribution in [0.25, 0.3) is 5.78 Å². The molecular formula is C14H11Cl2N5O. The molecule has 0 saturated heterocycles. The fourth-order valence-corrected chi connectivity index (χ4v) is 2.37. The van der Waals surface area contributed by atoms with Crippen LogP contribution in [0.4, 0.5) is 5.69 Å². The fraction of sp³-hybridized carbons (Fsp3) is 0.143. The summed E-state index contributed by atoms with van der Waals surface area (Å²) in [5.74, 6) is -0.0937. The number of hydrogen-bond donors (Lipinski definition) is 1. The number of hydrogen-bond acceptors (Lipinski definition) is 4. The number of aromatic nitrogens is 4. The summed E-state index contributed by atoms with van der Waals surface area (Å²) in [5.41, 5.74) is 2.05. The van der Waals surface area contributed by atoms with E-state index in [0.29, 0.717) is 21.5 Å². The van der Waals surface area contributed by atoms with Gasteiger partial charge in [-0.1, -0.05) is 23.2 Å². The Kier molecular flexibility index (Phi) is 3.72. The number of amides is 1. The predicted octanol–water partition coefficient (Wildman–Crippen LogP) is 3.30. The summed E-state index contributed by atoms with van der Waals surface area (Å²) in [6.07, 6.45) is 0. The largest absolute Gasteiger partial charge is 0.318 e. The molecular weight excluding hydrogens is 325 g/mol. The highest BCUT2D eigenvalue weighted by atomic mass is 35.5. The molecule has 0 fully saturated rings. The molecule has 1 N–H and O–H groups in total. The van der Waals surface area contributed by atoms with Gasteiger partial charge in [-0.3, -0.25) is 4.79 Å². The quantitative estimate of drug-likeness (QED) is 0.779. The monoisotopic (exact) mass is 335 g/mol. The van der Waals surface area contributed by atoms with Gasteiger partial charge in [0.2, 0.25) is 5.82 Å². The summed E-state index contributed by atoms with van der Waals surface area (Å²) in [5, 5.41) is 7.65. The molecule has 1 aromatic carbocycles. The van der Waals surface area contributed by atoms with E-state index in [1.807, 2.05) is 19.9 Å². The topological polar surface area (TPSA) is 72.2 Å². The first-order chi connectivity index (χ1) is 10.4. The third-order valence-electron chi connectivity index (χ3n) is 3.00. The lowest BCUT2D eigenvalue weighted by Gasteiger charge is -2.05. The van der Waals surface area contributed by atoms with Crippen molar-refractivity contribution in [1.29, 1.82) is 0 Å². The molecule has 2 aromatic heterocycles. The zero-order valence-electron chi connectivity index (χ0n) is 11.8. The number of halogens is 2. The average Bonchev–Trinajstić information content (AvgIpc) is 2.87. The predicted molar refractivity (Wildman–Crippen MR) is 84.7 cm³/mol. The maximum absolute atomic E-state index is 12.3. The van der Waals surface area contributed by atoms with Crippen LogP contribution in [0.1, 0.15) is 22.0 Å². The van der Waals surface area contributed by atoms with E-state index >= 15 is 0 Å². The molecule has 8 heteroatoms. The van der Waals surface area contributed by atoms with Crippen molar-refractivity contribution in [3.63, 3.8) is 0 Å². The molecule has 0 aliphatic rings. The summed E-state index contributed by atoms with van der Waals surface area (Å²) in [6.45, 7) is 3.72. The van der Waals surface area contributed by atoms with Crippen LogP contribution in [0.3, 0.4) is 0 Å². The zero-order valence-corrected chi connectivity index (χ0v) is 13.3. The molecule has 0 bridgehead atoms. The van der Waals surface area contributed by atoms with E-state index in [9.17, 15) is 4.79 Å². The highest BCUT2D eigenvalue weighted by Gasteiger charge is 2.16. The Morgan fingerprint density at radius 2 is 1.95 bits per heavy atom. The molecule has 0 saturated carbocycles. The summed E-state index contributed by atoms with van der Waals surface area (Å²) in [6, 6.07) is 6.66. The van der Waals surface area contributed by atoms with E-state index < -0.39 is 5.91 Å². The van der Waals surface area contributed by atoms with Gasteiger partial charge >= 0.3 is 0 Å². The number of nitrogens with zero attached hydrogens (tertiary/aromatic N) is 4. The number of rotatable bonds is 2. The third-order valence-corrected chi connectivity index (χ3v) is 3.56. The minimum atomic E-state index is -0.480. The van der Waals surface area contributed by atoms with Crippen LogP contribution in [0.15, 0.2) is 24.3 Å². The minimum absolute atomic E-state index is 0.0113. The van der Waals surface area contributed by atoms with E-state index in [1.165, 1.54) is 4.52 Å². The molecule has 3 rings (SSSR count). The van der Waals surface area contributed by atoms with Gasteiger partial charge in [0.05, 0.1) is 10.7 Å². The molecule has 1 amide bonds. The summed E-state index contributed by atoms with van der Waals surface area (Å²) < 4.78 is 1.52. The molecule has 0 atom stereocenters. The van der Waals surface area contributed by atoms with Gasteiger partial charge in [-0.05, 0) is 38.1 Å². The van der Waals surface area contributed by atoms with Crippen LogP contribution < -0.4 is 5.32 Å². The van der Waals surface area contributed by atoms with Crippen LogP contribution in [0.2, 0.25) is 10.0 Å². The lowest BCUT2D eigenvalue weighted by atomic mass is 10.3. The van der Waals surface area contributed by atoms with Crippen molar-refractivity contribution in [1.82, 2.24) is 19.6 Å². The highest BCUT2D eigenvalue weighted by Crippen LogP contribution is 2.25. The fourth-order valence-electron chi connectivity index (χ4n) is 2.03. The lowest BCUT2D eigenvalue weighted by molar-refractivity contribution is 0.101. The van der Waals surface area contributed by atoms with Gasteiger partial charge in [-0.25, -0.2) is 9.50 Å². The van der Waals surface area contributed by atoms with Gasteiger partial charge in [0.15, 0.2) is 0 Å². The number of aryl methyl sites for hydroxylation is 2. The number of benzene rings is 1. The maximum atomic E-state index is 12.3. The van der Waals surface area contributed by atoms with Gasteiger partial charge in [-0.15, -0.1) is 5.10 Å². The molecule has 3 aromatic rings. The Morgan fingerprint density at radius 1 is 1.18 bits per heavy atom. The second kappa shape index (κ2) is 5.55. The van der Waals surface area contributed by atoms with Crippen molar-refractivity contribution < 1.29 is 4.79 Å². The van der Waals surface area contributed by atoms with E-state index in [-0.39, 0.29) is 5.82 Å². The second-order valence-corrected chi connectivity index (χ2v) is 5.61. The summed E-state index contributed by atoms with van der Waals surface area (Å²) >= 11 is 11.9. The Morgan fingerprint density at radius 3 is 2.73 bits per heavy atom. The molecule has 22 heavy (non-hydrogen) atoms. The first kappa shape index (κ1) is 14.7. The molecule has 0 unspecified atom stereocenters. The van der Waals surface area contributed by atoms with E-state index in [1.54, 1.807) is 18.2 Å². The first-order valence-corrected chi connectivity index (χ1v) is 7.17. The van der Waals surface area contributed by atoms with Gasteiger partial charge in [0, 0.05) is 16.4 Å². The smallest absolute Gasteiger partial charge is 0.295 e. The Hall–Kier alpha value is -2.18. The molecule has 0 spiro atoms. The average molecular weight is 336 g/mol. The normalized spacial score (nSPS) is 10.9. The van der Waals surface area contributed by atoms with Crippen LogP contribution in [0.5, 0.6) is 0 Å². The van der Waals surface area contributed by atoms with Crippen molar-refractivity contribution >= 4 is 40.6 Å². The Labute approximate surface area is 136 Å². The van der Waals surface area contributed by atoms with Crippen molar-refractivity contribution in [2.24, 2.45) is 0 Å². The molecule has 6 nitrogen and oxygen atoms in total. The third kappa shape index (κ3) is 2.75. The number of carbonyl (C=O) groups excluding carboxylic acids is 1. The standard InChI is InChI=1S/C14H11Cl2N5O/c1-7-5-8(2)21-14(17-7)19-12(20-21)13(22)18-11-6-9(15)3-4-10(11)16/h3-6H,1-2H3,(H,18,22). The maximum Gasteiger partial charge on any atom is 0.295 e. The molecule has 0 radical (unpaired) electrons. The molecule has 0 aliphatic carbocycles. The Bertz CT molecular complexity index is 890. The van der Waals surface area contributed by atoms with E-state index in [2.05, 4.69) is 20.4 Å². The Balaban J connectivity index is 1.95. The molecule has 0 aliphatic heterocycles. The number of carbonyl (C=O) groups is 1. The van der Waals surface area contributed by atoms with Crippen molar-refractivity contribution in [3.8, 4) is 0 Å². The van der Waals surface area contributed by atoms with Crippen LogP contribution >= 0.6 is 23.2 Å². The molecule has 112 valence electrons. The van der Waals surface area contributed by atoms with Crippen molar-refractivity contribution in [2.45, 2.75) is 13.8 Å².